The number of aryl methyl sites for hydroxylation is 2. The van der Waals surface area contributed by atoms with Gasteiger partial charge >= 0.3 is 5.97 Å². The van der Waals surface area contributed by atoms with E-state index in [-0.39, 0.29) is 12.2 Å². The van der Waals surface area contributed by atoms with Gasteiger partial charge in [0.15, 0.2) is 0 Å². The van der Waals surface area contributed by atoms with Crippen LogP contribution in [-0.2, 0) is 11.8 Å². The molecule has 0 saturated carbocycles. The first-order valence-corrected chi connectivity index (χ1v) is 7.52. The van der Waals surface area contributed by atoms with E-state index in [9.17, 15) is 9.59 Å². The molecule has 3 rings (SSSR count). The van der Waals surface area contributed by atoms with E-state index in [2.05, 4.69) is 15.1 Å². The van der Waals surface area contributed by atoms with E-state index in [4.69, 9.17) is 4.74 Å². The second-order valence-corrected chi connectivity index (χ2v) is 5.77. The first-order chi connectivity index (χ1) is 10.5. The predicted octanol–water partition coefficient (Wildman–Crippen LogP) is 1.87. The molecule has 114 valence electrons. The zero-order valence-corrected chi connectivity index (χ0v) is 13.2. The Labute approximate surface area is 129 Å². The van der Waals surface area contributed by atoms with Crippen molar-refractivity contribution in [3.05, 3.63) is 33.2 Å². The maximum absolute atomic E-state index is 12.3. The van der Waals surface area contributed by atoms with Gasteiger partial charge in [0.25, 0.3) is 5.56 Å². The fourth-order valence-corrected chi connectivity index (χ4v) is 3.29. The summed E-state index contributed by atoms with van der Waals surface area (Å²) in [6.07, 6.45) is 3.38. The summed E-state index contributed by atoms with van der Waals surface area (Å²) in [5, 5.41) is 4.49. The number of rotatable bonds is 3. The average Bonchev–Trinajstić information content (AvgIpc) is 3.03. The van der Waals surface area contributed by atoms with Crippen LogP contribution < -0.4 is 5.56 Å². The molecule has 0 fully saturated rings. The normalized spacial score (nSPS) is 11.0. The lowest BCUT2D eigenvalue weighted by molar-refractivity contribution is 0.0531. The lowest BCUT2D eigenvalue weighted by atomic mass is 10.2. The molecule has 7 nitrogen and oxygen atoms in total. The van der Waals surface area contributed by atoms with Crippen molar-refractivity contribution in [3.8, 4) is 11.4 Å². The summed E-state index contributed by atoms with van der Waals surface area (Å²) in [7, 11) is 1.79. The third-order valence-electron chi connectivity index (χ3n) is 3.24. The smallest absolute Gasteiger partial charge is 0.348 e. The summed E-state index contributed by atoms with van der Waals surface area (Å²) in [6.45, 7) is 3.76. The highest BCUT2D eigenvalue weighted by Crippen LogP contribution is 2.28. The van der Waals surface area contributed by atoms with E-state index in [0.717, 1.165) is 0 Å². The number of nitrogens with one attached hydrogen (secondary N) is 1. The number of carbonyl (C=O) groups excluding carboxylic acids is 1. The number of aromatic amines is 1. The van der Waals surface area contributed by atoms with Crippen LogP contribution in [0.4, 0.5) is 0 Å². The van der Waals surface area contributed by atoms with Crippen molar-refractivity contribution in [2.24, 2.45) is 7.05 Å². The van der Waals surface area contributed by atoms with E-state index in [0.29, 0.717) is 32.0 Å². The van der Waals surface area contributed by atoms with Gasteiger partial charge in [0.1, 0.15) is 15.5 Å². The monoisotopic (exact) mass is 318 g/mol. The molecule has 0 unspecified atom stereocenters. The second-order valence-electron chi connectivity index (χ2n) is 4.77. The number of ether oxygens (including phenoxy) is 1. The minimum atomic E-state index is -0.426. The van der Waals surface area contributed by atoms with Gasteiger partial charge in [-0.1, -0.05) is 0 Å². The SMILES string of the molecule is CCOC(=O)c1sc2nc(-c3cnn(C)c3)[nH]c(=O)c2c1C. The topological polar surface area (TPSA) is 89.9 Å². The van der Waals surface area contributed by atoms with E-state index in [1.807, 2.05) is 0 Å². The number of hydrogen-bond donors (Lipinski definition) is 1. The van der Waals surface area contributed by atoms with Gasteiger partial charge in [0.2, 0.25) is 0 Å². The molecular formula is C14H14N4O3S. The number of esters is 1. The number of aromatic nitrogens is 4. The van der Waals surface area contributed by atoms with Crippen LogP contribution in [0.5, 0.6) is 0 Å². The summed E-state index contributed by atoms with van der Waals surface area (Å²) in [6, 6.07) is 0. The van der Waals surface area contributed by atoms with Crippen LogP contribution in [-0.4, -0.2) is 32.3 Å². The first kappa shape index (κ1) is 14.5. The molecule has 0 bridgehead atoms. The van der Waals surface area contributed by atoms with Crippen LogP contribution in [0.1, 0.15) is 22.2 Å². The number of carbonyl (C=O) groups is 1. The van der Waals surface area contributed by atoms with E-state index in [1.54, 1.807) is 38.0 Å². The highest BCUT2D eigenvalue weighted by atomic mass is 32.1. The highest BCUT2D eigenvalue weighted by molar-refractivity contribution is 7.20. The largest absolute Gasteiger partial charge is 0.462 e. The first-order valence-electron chi connectivity index (χ1n) is 6.70. The summed E-state index contributed by atoms with van der Waals surface area (Å²) in [5.41, 5.74) is 1.04. The third-order valence-corrected chi connectivity index (χ3v) is 4.41. The standard InChI is InChI=1S/C14H14N4O3S/c1-4-21-14(20)10-7(2)9-12(19)16-11(17-13(9)22-10)8-5-15-18(3)6-8/h5-6H,4H2,1-3H3,(H,16,17,19). The second kappa shape index (κ2) is 5.38. The Morgan fingerprint density at radius 2 is 2.27 bits per heavy atom. The van der Waals surface area contributed by atoms with Crippen molar-refractivity contribution in [3.63, 3.8) is 0 Å². The summed E-state index contributed by atoms with van der Waals surface area (Å²) >= 11 is 1.17. The molecule has 0 aromatic carbocycles. The molecule has 22 heavy (non-hydrogen) atoms. The predicted molar refractivity (Wildman–Crippen MR) is 83.1 cm³/mol. The van der Waals surface area contributed by atoms with Gasteiger partial charge in [0.05, 0.1) is 23.8 Å². The van der Waals surface area contributed by atoms with E-state index < -0.39 is 5.97 Å². The Kier molecular flexibility index (Phi) is 3.53. The maximum atomic E-state index is 12.3. The molecular weight excluding hydrogens is 304 g/mol. The number of thiophene rings is 1. The molecule has 8 heteroatoms. The van der Waals surface area contributed by atoms with Gasteiger partial charge in [0, 0.05) is 13.2 Å². The molecule has 3 heterocycles. The number of fused-ring (bicyclic) bond motifs is 1. The molecule has 0 spiro atoms. The summed E-state index contributed by atoms with van der Waals surface area (Å²) < 4.78 is 6.64. The minimum Gasteiger partial charge on any atom is -0.462 e. The van der Waals surface area contributed by atoms with Gasteiger partial charge in [-0.2, -0.15) is 5.10 Å². The Morgan fingerprint density at radius 3 is 2.91 bits per heavy atom. The lowest BCUT2D eigenvalue weighted by Crippen LogP contribution is -2.09. The van der Waals surface area contributed by atoms with Crippen LogP contribution >= 0.6 is 11.3 Å². The molecule has 3 aromatic heterocycles. The van der Waals surface area contributed by atoms with E-state index in [1.165, 1.54) is 11.3 Å². The molecule has 0 amide bonds. The van der Waals surface area contributed by atoms with Crippen molar-refractivity contribution in [1.82, 2.24) is 19.7 Å². The van der Waals surface area contributed by atoms with Crippen LogP contribution in [0.25, 0.3) is 21.6 Å². The van der Waals surface area contributed by atoms with Crippen LogP contribution in [0.3, 0.4) is 0 Å². The average molecular weight is 318 g/mol. The maximum Gasteiger partial charge on any atom is 0.348 e. The minimum absolute atomic E-state index is 0.270. The molecule has 0 aliphatic carbocycles. The zero-order chi connectivity index (χ0) is 15.9. The van der Waals surface area contributed by atoms with Crippen LogP contribution in [0, 0.1) is 6.92 Å². The fraction of sp³-hybridized carbons (Fsp3) is 0.286. The molecule has 3 aromatic rings. The van der Waals surface area contributed by atoms with Gasteiger partial charge in [-0.05, 0) is 19.4 Å². The van der Waals surface area contributed by atoms with Crippen LogP contribution in [0.2, 0.25) is 0 Å². The van der Waals surface area contributed by atoms with E-state index >= 15 is 0 Å². The molecule has 0 radical (unpaired) electrons. The van der Waals surface area contributed by atoms with Crippen molar-refractivity contribution in [2.45, 2.75) is 13.8 Å². The number of H-pyrrole nitrogens is 1. The molecule has 0 aliphatic rings. The molecule has 0 atom stereocenters. The van der Waals surface area contributed by atoms with Crippen molar-refractivity contribution in [1.29, 1.82) is 0 Å². The Bertz CT molecular complexity index is 922. The van der Waals surface area contributed by atoms with Gasteiger partial charge < -0.3 is 9.72 Å². The van der Waals surface area contributed by atoms with Crippen molar-refractivity contribution < 1.29 is 9.53 Å². The number of nitrogens with zero attached hydrogens (tertiary/aromatic N) is 3. The van der Waals surface area contributed by atoms with Gasteiger partial charge in [-0.15, -0.1) is 11.3 Å². The highest BCUT2D eigenvalue weighted by Gasteiger charge is 2.20. The summed E-state index contributed by atoms with van der Waals surface area (Å²) in [4.78, 5) is 32.4. The van der Waals surface area contributed by atoms with Crippen LogP contribution in [0.15, 0.2) is 17.2 Å². The lowest BCUT2D eigenvalue weighted by Gasteiger charge is -1.99. The Morgan fingerprint density at radius 1 is 1.50 bits per heavy atom. The Hall–Kier alpha value is -2.48. The summed E-state index contributed by atoms with van der Waals surface area (Å²) in [5.74, 6) is 0.00702. The molecule has 0 aliphatic heterocycles. The van der Waals surface area contributed by atoms with Crippen molar-refractivity contribution >= 4 is 27.5 Å². The fourth-order valence-electron chi connectivity index (χ4n) is 2.22. The Balaban J connectivity index is 2.19. The van der Waals surface area contributed by atoms with Gasteiger partial charge in [-0.3, -0.25) is 9.48 Å². The zero-order valence-electron chi connectivity index (χ0n) is 12.3. The third kappa shape index (κ3) is 2.31. The molecule has 1 N–H and O–H groups in total. The van der Waals surface area contributed by atoms with Crippen molar-refractivity contribution in [2.75, 3.05) is 6.61 Å². The number of hydrogen-bond acceptors (Lipinski definition) is 6. The quantitative estimate of drug-likeness (QED) is 0.745. The molecule has 0 saturated heterocycles. The van der Waals surface area contributed by atoms with Gasteiger partial charge in [-0.25, -0.2) is 9.78 Å².